The number of carbonyl (C=O) groups is 4. The molecule has 1 saturated heterocycles. The van der Waals surface area contributed by atoms with Gasteiger partial charge in [0.2, 0.25) is 5.91 Å². The number of amides is 3. The molecule has 3 amide bonds. The molecule has 8 nitrogen and oxygen atoms in total. The van der Waals surface area contributed by atoms with Gasteiger partial charge >= 0.3 is 5.97 Å². The molecule has 2 N–H and O–H groups in total. The van der Waals surface area contributed by atoms with E-state index in [0.717, 1.165) is 56.7 Å². The first kappa shape index (κ1) is 30.4. The Balaban J connectivity index is 1.34. The molecule has 0 saturated carbocycles. The van der Waals surface area contributed by atoms with Crippen LogP contribution in [-0.2, 0) is 19.2 Å². The lowest BCUT2D eigenvalue weighted by Gasteiger charge is -2.17. The predicted octanol–water partition coefficient (Wildman–Crippen LogP) is 5.98. The highest BCUT2D eigenvalue weighted by molar-refractivity contribution is 8.26. The van der Waals surface area contributed by atoms with E-state index < -0.39 is 23.6 Å². The summed E-state index contributed by atoms with van der Waals surface area (Å²) in [4.78, 5) is 53.5. The number of carbonyl (C=O) groups excluding carboxylic acids is 3. The van der Waals surface area contributed by atoms with Gasteiger partial charge in [0.1, 0.15) is 16.7 Å². The van der Waals surface area contributed by atoms with E-state index in [1.807, 2.05) is 0 Å². The predicted molar refractivity (Wildman–Crippen MR) is 162 cm³/mol. The molecule has 11 heteroatoms. The standard InChI is InChI=1S/C30H32FN3O5S2/c31-20-14-16-21(17-15-20)32-24(35)19-34-23-12-9-8-11-22(23)26(28(34)38)27-29(39)33(30(40)41-27)18-10-6-4-2-1-3-5-7-13-25(36)37/h8-9,11-12,14-17H,1-7,10,13,18-19H2,(H,32,35)(H,36,37)/b27-26+. The van der Waals surface area contributed by atoms with Crippen LogP contribution in [0.25, 0.3) is 5.57 Å². The molecule has 2 aliphatic rings. The van der Waals surface area contributed by atoms with Gasteiger partial charge in [0.15, 0.2) is 0 Å². The fraction of sp³-hybridized carbons (Fsp3) is 0.367. The van der Waals surface area contributed by atoms with Gasteiger partial charge in [-0.15, -0.1) is 0 Å². The molecule has 0 atom stereocenters. The van der Waals surface area contributed by atoms with Gasteiger partial charge < -0.3 is 10.4 Å². The summed E-state index contributed by atoms with van der Waals surface area (Å²) in [5.41, 5.74) is 1.78. The number of thiocarbonyl (C=S) groups is 1. The summed E-state index contributed by atoms with van der Waals surface area (Å²) in [6, 6.07) is 12.4. The minimum absolute atomic E-state index is 0.224. The van der Waals surface area contributed by atoms with E-state index in [1.54, 1.807) is 29.2 Å². The van der Waals surface area contributed by atoms with Crippen molar-refractivity contribution >= 4 is 68.9 Å². The third kappa shape index (κ3) is 7.80. The highest BCUT2D eigenvalue weighted by Crippen LogP contribution is 2.44. The molecule has 0 spiro atoms. The van der Waals surface area contributed by atoms with E-state index in [1.165, 1.54) is 29.2 Å². The maximum absolute atomic E-state index is 13.6. The Kier molecular flexibility index (Phi) is 10.6. The maximum Gasteiger partial charge on any atom is 0.303 e. The summed E-state index contributed by atoms with van der Waals surface area (Å²) in [6.07, 6.45) is 7.76. The lowest BCUT2D eigenvalue weighted by atomic mass is 10.1. The fourth-order valence-corrected chi connectivity index (χ4v) is 6.26. The van der Waals surface area contributed by atoms with Crippen molar-refractivity contribution in [1.29, 1.82) is 0 Å². The lowest BCUT2D eigenvalue weighted by Crippen LogP contribution is -2.35. The first-order chi connectivity index (χ1) is 19.8. The van der Waals surface area contributed by atoms with Crippen LogP contribution >= 0.6 is 24.0 Å². The van der Waals surface area contributed by atoms with E-state index in [4.69, 9.17) is 17.3 Å². The number of hydrogen-bond donors (Lipinski definition) is 2. The Morgan fingerprint density at radius 3 is 2.17 bits per heavy atom. The van der Waals surface area contributed by atoms with Gasteiger partial charge in [0, 0.05) is 24.2 Å². The summed E-state index contributed by atoms with van der Waals surface area (Å²) in [7, 11) is 0. The number of hydrogen-bond acceptors (Lipinski definition) is 6. The summed E-state index contributed by atoms with van der Waals surface area (Å²) >= 11 is 6.62. The van der Waals surface area contributed by atoms with Gasteiger partial charge in [-0.3, -0.25) is 29.0 Å². The van der Waals surface area contributed by atoms with Gasteiger partial charge in [-0.25, -0.2) is 4.39 Å². The summed E-state index contributed by atoms with van der Waals surface area (Å²) in [6.45, 7) is 0.205. The molecule has 2 aromatic carbocycles. The van der Waals surface area contributed by atoms with Crippen molar-refractivity contribution in [3.8, 4) is 0 Å². The number of nitrogens with zero attached hydrogens (tertiary/aromatic N) is 2. The highest BCUT2D eigenvalue weighted by Gasteiger charge is 2.42. The minimum Gasteiger partial charge on any atom is -0.481 e. The average Bonchev–Trinajstić information content (AvgIpc) is 3.37. The van der Waals surface area contributed by atoms with Crippen molar-refractivity contribution in [3.05, 3.63) is 64.8 Å². The zero-order valence-electron chi connectivity index (χ0n) is 22.6. The van der Waals surface area contributed by atoms with Gasteiger partial charge in [-0.05, 0) is 43.2 Å². The quantitative estimate of drug-likeness (QED) is 0.157. The SMILES string of the molecule is O=C(O)CCCCCCCCCCN1C(=O)/C(=C2\C(=O)N(CC(=O)Nc3ccc(F)cc3)c3ccccc32)SC1=S. The molecule has 0 aromatic heterocycles. The van der Waals surface area contributed by atoms with E-state index in [-0.39, 0.29) is 29.4 Å². The van der Waals surface area contributed by atoms with Crippen LogP contribution in [0.3, 0.4) is 0 Å². The second kappa shape index (κ2) is 14.4. The van der Waals surface area contributed by atoms with Crippen LogP contribution in [-0.4, -0.2) is 51.1 Å². The third-order valence-corrected chi connectivity index (χ3v) is 8.40. The van der Waals surface area contributed by atoms with Crippen molar-refractivity contribution < 1.29 is 28.7 Å². The molecule has 2 heterocycles. The summed E-state index contributed by atoms with van der Waals surface area (Å²) in [5.74, 6) is -2.36. The Morgan fingerprint density at radius 1 is 0.854 bits per heavy atom. The molecule has 4 rings (SSSR count). The van der Waals surface area contributed by atoms with E-state index >= 15 is 0 Å². The molecule has 2 aromatic rings. The number of rotatable bonds is 14. The largest absolute Gasteiger partial charge is 0.481 e. The van der Waals surface area contributed by atoms with Gasteiger partial charge in [-0.2, -0.15) is 0 Å². The lowest BCUT2D eigenvalue weighted by molar-refractivity contribution is -0.137. The van der Waals surface area contributed by atoms with E-state index in [2.05, 4.69) is 5.32 Å². The fourth-order valence-electron chi connectivity index (χ4n) is 4.88. The third-order valence-electron chi connectivity index (χ3n) is 6.95. The molecule has 0 aliphatic carbocycles. The Labute approximate surface area is 248 Å². The number of carboxylic acids is 1. The second-order valence-electron chi connectivity index (χ2n) is 9.96. The van der Waals surface area contributed by atoms with E-state index in [9.17, 15) is 23.6 Å². The molecule has 0 bridgehead atoms. The number of fused-ring (bicyclic) bond motifs is 1. The molecule has 1 fully saturated rings. The summed E-state index contributed by atoms with van der Waals surface area (Å²) in [5, 5.41) is 11.4. The number of para-hydroxylation sites is 1. The molecule has 0 radical (unpaired) electrons. The number of aliphatic carboxylic acids is 1. The second-order valence-corrected chi connectivity index (χ2v) is 11.6. The monoisotopic (exact) mass is 597 g/mol. The normalized spacial score (nSPS) is 16.5. The topological polar surface area (TPSA) is 107 Å². The zero-order chi connectivity index (χ0) is 29.4. The number of thioether (sulfide) groups is 1. The number of carboxylic acid groups (broad SMARTS) is 1. The van der Waals surface area contributed by atoms with Crippen LogP contribution in [0.4, 0.5) is 15.8 Å². The number of unbranched alkanes of at least 4 members (excludes halogenated alkanes) is 7. The van der Waals surface area contributed by atoms with E-state index in [0.29, 0.717) is 34.2 Å². The Morgan fingerprint density at radius 2 is 1.49 bits per heavy atom. The maximum atomic E-state index is 13.6. The zero-order valence-corrected chi connectivity index (χ0v) is 24.2. The first-order valence-corrected chi connectivity index (χ1v) is 14.9. The van der Waals surface area contributed by atoms with Gasteiger partial charge in [0.05, 0.1) is 16.2 Å². The van der Waals surface area contributed by atoms with Crippen LogP contribution in [0.5, 0.6) is 0 Å². The van der Waals surface area contributed by atoms with Gasteiger partial charge in [-0.1, -0.05) is 80.7 Å². The molecule has 41 heavy (non-hydrogen) atoms. The smallest absolute Gasteiger partial charge is 0.303 e. The number of benzene rings is 2. The van der Waals surface area contributed by atoms with Crippen LogP contribution < -0.4 is 10.2 Å². The number of anilines is 2. The molecule has 216 valence electrons. The van der Waals surface area contributed by atoms with Gasteiger partial charge in [0.25, 0.3) is 11.8 Å². The highest BCUT2D eigenvalue weighted by atomic mass is 32.2. The Hall–Kier alpha value is -3.57. The van der Waals surface area contributed by atoms with Crippen LogP contribution in [0.1, 0.15) is 63.4 Å². The number of nitrogens with one attached hydrogen (secondary N) is 1. The summed E-state index contributed by atoms with van der Waals surface area (Å²) < 4.78 is 13.6. The Bertz CT molecular complexity index is 1360. The minimum atomic E-state index is -0.749. The van der Waals surface area contributed by atoms with Crippen LogP contribution in [0.15, 0.2) is 53.4 Å². The van der Waals surface area contributed by atoms with Crippen molar-refractivity contribution in [2.45, 2.75) is 57.8 Å². The van der Waals surface area contributed by atoms with Crippen molar-refractivity contribution in [2.24, 2.45) is 0 Å². The average molecular weight is 598 g/mol. The van der Waals surface area contributed by atoms with Crippen LogP contribution in [0, 0.1) is 5.82 Å². The van der Waals surface area contributed by atoms with Crippen molar-refractivity contribution in [1.82, 2.24) is 4.90 Å². The first-order valence-electron chi connectivity index (χ1n) is 13.7. The molecule has 0 unspecified atom stereocenters. The number of halogens is 1. The molecule has 2 aliphatic heterocycles. The van der Waals surface area contributed by atoms with Crippen LogP contribution in [0.2, 0.25) is 0 Å². The van der Waals surface area contributed by atoms with Crippen molar-refractivity contribution in [2.75, 3.05) is 23.3 Å². The molecular formula is C30H32FN3O5S2. The molecular weight excluding hydrogens is 565 g/mol. The van der Waals surface area contributed by atoms with Crippen molar-refractivity contribution in [3.63, 3.8) is 0 Å².